The van der Waals surface area contributed by atoms with Crippen LogP contribution in [0, 0.1) is 0 Å². The third-order valence-corrected chi connectivity index (χ3v) is 1.74. The molecule has 78 valence electrons. The Morgan fingerprint density at radius 1 is 1.38 bits per heavy atom. The molecule has 0 aliphatic heterocycles. The quantitative estimate of drug-likeness (QED) is 0.445. The molecule has 1 unspecified atom stereocenters. The molecule has 2 nitrogen and oxygen atoms in total. The maximum absolute atomic E-state index is 12.5. The number of hydrogen-bond donors (Lipinski definition) is 1. The van der Waals surface area contributed by atoms with Crippen molar-refractivity contribution < 1.29 is 14.2 Å². The van der Waals surface area contributed by atoms with Crippen LogP contribution in [-0.4, -0.2) is 31.1 Å². The van der Waals surface area contributed by atoms with Crippen LogP contribution in [0.25, 0.3) is 0 Å². The lowest BCUT2D eigenvalue weighted by Gasteiger charge is -2.04. The first-order valence-corrected chi connectivity index (χ1v) is 4.74. The lowest BCUT2D eigenvalue weighted by atomic mass is 10.1. The molecule has 0 heterocycles. The smallest absolute Gasteiger partial charge is 0.123 e. The summed E-state index contributed by atoms with van der Waals surface area (Å²) in [5.74, 6) is 0. The van der Waals surface area contributed by atoms with Crippen molar-refractivity contribution >= 4 is 0 Å². The van der Waals surface area contributed by atoms with E-state index in [1.54, 1.807) is 6.08 Å². The summed E-state index contributed by atoms with van der Waals surface area (Å²) in [5, 5.41) is 8.40. The van der Waals surface area contributed by atoms with Crippen LogP contribution in [0.15, 0.2) is 12.7 Å². The van der Waals surface area contributed by atoms with Gasteiger partial charge in [-0.3, -0.25) is 0 Å². The predicted octanol–water partition coefficient (Wildman–Crippen LogP) is 2.08. The van der Waals surface area contributed by atoms with E-state index in [9.17, 15) is 4.39 Å². The molecule has 0 aliphatic rings. The summed E-state index contributed by atoms with van der Waals surface area (Å²) in [4.78, 5) is 0. The van der Waals surface area contributed by atoms with Gasteiger partial charge in [-0.1, -0.05) is 18.9 Å². The number of hydrogen-bond acceptors (Lipinski definition) is 2. The number of halogens is 1. The van der Waals surface area contributed by atoms with Crippen molar-refractivity contribution in [3.8, 4) is 0 Å². The molecule has 0 saturated carbocycles. The highest BCUT2D eigenvalue weighted by atomic mass is 19.1. The van der Waals surface area contributed by atoms with Gasteiger partial charge in [0.05, 0.1) is 13.2 Å². The van der Waals surface area contributed by atoms with Crippen molar-refractivity contribution in [1.29, 1.82) is 0 Å². The molecule has 0 aromatic heterocycles. The van der Waals surface area contributed by atoms with Gasteiger partial charge in [0.15, 0.2) is 0 Å². The summed E-state index contributed by atoms with van der Waals surface area (Å²) in [6.07, 6.45) is 3.85. The van der Waals surface area contributed by atoms with Crippen LogP contribution < -0.4 is 0 Å². The first kappa shape index (κ1) is 12.6. The van der Waals surface area contributed by atoms with Crippen LogP contribution in [0.2, 0.25) is 0 Å². The first-order chi connectivity index (χ1) is 6.31. The minimum absolute atomic E-state index is 0.354. The van der Waals surface area contributed by atoms with Crippen LogP contribution in [0.1, 0.15) is 25.7 Å². The second kappa shape index (κ2) is 9.68. The standard InChI is InChI=1S/C10H19FO2/c1-2-7-13-8-5-3-4-6-10(11)9-12/h2,10,12H,1,3-9H2. The molecule has 0 spiro atoms. The molecule has 0 aromatic rings. The Morgan fingerprint density at radius 3 is 2.77 bits per heavy atom. The lowest BCUT2D eigenvalue weighted by molar-refractivity contribution is 0.150. The topological polar surface area (TPSA) is 29.5 Å². The zero-order chi connectivity index (χ0) is 9.94. The summed E-state index contributed by atoms with van der Waals surface area (Å²) >= 11 is 0. The third-order valence-electron chi connectivity index (χ3n) is 1.74. The summed E-state index contributed by atoms with van der Waals surface area (Å²) in [7, 11) is 0. The largest absolute Gasteiger partial charge is 0.393 e. The molecule has 0 rings (SSSR count). The van der Waals surface area contributed by atoms with Gasteiger partial charge in [-0.15, -0.1) is 6.58 Å². The molecule has 0 amide bonds. The molecule has 0 bridgehead atoms. The average molecular weight is 190 g/mol. The van der Waals surface area contributed by atoms with E-state index in [-0.39, 0.29) is 6.61 Å². The lowest BCUT2D eigenvalue weighted by Crippen LogP contribution is -2.05. The molecule has 0 aliphatic carbocycles. The molecular formula is C10H19FO2. The van der Waals surface area contributed by atoms with Crippen molar-refractivity contribution in [1.82, 2.24) is 0 Å². The Kier molecular flexibility index (Phi) is 9.37. The zero-order valence-corrected chi connectivity index (χ0v) is 8.04. The Morgan fingerprint density at radius 2 is 2.15 bits per heavy atom. The number of ether oxygens (including phenoxy) is 1. The van der Waals surface area contributed by atoms with Gasteiger partial charge in [-0.05, 0) is 12.8 Å². The zero-order valence-electron chi connectivity index (χ0n) is 8.04. The minimum Gasteiger partial charge on any atom is -0.393 e. The molecule has 0 fully saturated rings. The highest BCUT2D eigenvalue weighted by molar-refractivity contribution is 4.63. The van der Waals surface area contributed by atoms with Gasteiger partial charge >= 0.3 is 0 Å². The van der Waals surface area contributed by atoms with E-state index < -0.39 is 6.17 Å². The molecule has 3 heteroatoms. The third kappa shape index (κ3) is 9.50. The predicted molar refractivity (Wildman–Crippen MR) is 51.5 cm³/mol. The summed E-state index contributed by atoms with van der Waals surface area (Å²) in [5.41, 5.74) is 0. The Hall–Kier alpha value is -0.410. The van der Waals surface area contributed by atoms with Crippen molar-refractivity contribution in [2.75, 3.05) is 19.8 Å². The van der Waals surface area contributed by atoms with Crippen molar-refractivity contribution in [2.24, 2.45) is 0 Å². The van der Waals surface area contributed by atoms with Gasteiger partial charge in [0, 0.05) is 6.61 Å². The van der Waals surface area contributed by atoms with Crippen LogP contribution in [0.5, 0.6) is 0 Å². The monoisotopic (exact) mass is 190 g/mol. The average Bonchev–Trinajstić information content (AvgIpc) is 2.16. The highest BCUT2D eigenvalue weighted by Crippen LogP contribution is 2.05. The fourth-order valence-corrected chi connectivity index (χ4v) is 1.00. The summed E-state index contributed by atoms with van der Waals surface area (Å²) < 4.78 is 17.6. The molecular weight excluding hydrogens is 171 g/mol. The molecule has 13 heavy (non-hydrogen) atoms. The first-order valence-electron chi connectivity index (χ1n) is 4.74. The highest BCUT2D eigenvalue weighted by Gasteiger charge is 2.02. The van der Waals surface area contributed by atoms with Crippen LogP contribution in [0.3, 0.4) is 0 Å². The molecule has 1 N–H and O–H groups in total. The Balaban J connectivity index is 2.95. The fraction of sp³-hybridized carbons (Fsp3) is 0.800. The van der Waals surface area contributed by atoms with Gasteiger partial charge in [-0.2, -0.15) is 0 Å². The SMILES string of the molecule is C=CCOCCCCCC(F)CO. The normalized spacial score (nSPS) is 12.8. The molecule has 0 radical (unpaired) electrons. The number of rotatable bonds is 9. The van der Waals surface area contributed by atoms with E-state index in [1.165, 1.54) is 0 Å². The maximum Gasteiger partial charge on any atom is 0.123 e. The van der Waals surface area contributed by atoms with E-state index in [0.29, 0.717) is 19.6 Å². The summed E-state index contributed by atoms with van der Waals surface area (Å²) in [6, 6.07) is 0. The van der Waals surface area contributed by atoms with Gasteiger partial charge < -0.3 is 9.84 Å². The van der Waals surface area contributed by atoms with E-state index in [4.69, 9.17) is 9.84 Å². The van der Waals surface area contributed by atoms with E-state index in [2.05, 4.69) is 6.58 Å². The minimum atomic E-state index is -1.05. The fourth-order valence-electron chi connectivity index (χ4n) is 1.00. The second-order valence-corrected chi connectivity index (χ2v) is 2.99. The van der Waals surface area contributed by atoms with E-state index in [0.717, 1.165) is 19.3 Å². The van der Waals surface area contributed by atoms with E-state index >= 15 is 0 Å². The van der Waals surface area contributed by atoms with Crippen molar-refractivity contribution in [3.05, 3.63) is 12.7 Å². The van der Waals surface area contributed by atoms with Crippen LogP contribution >= 0.6 is 0 Å². The van der Waals surface area contributed by atoms with Crippen molar-refractivity contribution in [3.63, 3.8) is 0 Å². The maximum atomic E-state index is 12.5. The number of alkyl halides is 1. The van der Waals surface area contributed by atoms with Crippen molar-refractivity contribution in [2.45, 2.75) is 31.9 Å². The molecule has 0 saturated heterocycles. The number of aliphatic hydroxyl groups excluding tert-OH is 1. The van der Waals surface area contributed by atoms with Gasteiger partial charge in [0.2, 0.25) is 0 Å². The second-order valence-electron chi connectivity index (χ2n) is 2.99. The Bertz CT molecular complexity index is 117. The number of aliphatic hydroxyl groups is 1. The summed E-state index contributed by atoms with van der Waals surface area (Å²) in [6.45, 7) is 4.47. The molecule has 1 atom stereocenters. The Labute approximate surface area is 79.4 Å². The van der Waals surface area contributed by atoms with Gasteiger partial charge in [0.1, 0.15) is 6.17 Å². The number of unbranched alkanes of at least 4 members (excludes halogenated alkanes) is 2. The van der Waals surface area contributed by atoms with Crippen LogP contribution in [0.4, 0.5) is 4.39 Å². The van der Waals surface area contributed by atoms with Gasteiger partial charge in [-0.25, -0.2) is 4.39 Å². The van der Waals surface area contributed by atoms with Crippen LogP contribution in [-0.2, 0) is 4.74 Å². The van der Waals surface area contributed by atoms with Gasteiger partial charge in [0.25, 0.3) is 0 Å². The van der Waals surface area contributed by atoms with E-state index in [1.807, 2.05) is 0 Å². The molecule has 0 aromatic carbocycles.